The lowest BCUT2D eigenvalue weighted by Gasteiger charge is -2.25. The normalized spacial score (nSPS) is 11.3. The maximum absolute atomic E-state index is 12.1. The fraction of sp³-hybridized carbons (Fsp3) is 0.350. The first-order chi connectivity index (χ1) is 10.4. The molecule has 2 aromatic carbocycles. The van der Waals surface area contributed by atoms with Crippen molar-refractivity contribution in [2.24, 2.45) is 0 Å². The van der Waals surface area contributed by atoms with Crippen molar-refractivity contribution in [2.45, 2.75) is 39.0 Å². The second-order valence-corrected chi connectivity index (χ2v) is 6.57. The minimum absolute atomic E-state index is 0.100. The van der Waals surface area contributed by atoms with Gasteiger partial charge in [-0.25, -0.2) is 4.79 Å². The number of carbonyl (C=O) groups excluding carboxylic acids is 1. The second kappa shape index (κ2) is 6.78. The molecule has 22 heavy (non-hydrogen) atoms. The highest BCUT2D eigenvalue weighted by Gasteiger charge is 2.25. The maximum atomic E-state index is 12.1. The van der Waals surface area contributed by atoms with E-state index < -0.39 is 0 Å². The van der Waals surface area contributed by atoms with Crippen LogP contribution in [0.15, 0.2) is 48.5 Å². The van der Waals surface area contributed by atoms with E-state index in [1.54, 1.807) is 0 Å². The number of methoxy groups -OCH3 is 1. The molecule has 0 aliphatic carbocycles. The molecule has 0 amide bonds. The standard InChI is InChI=1S/C20H24O2/c1-20(2,3)18-16(11-8-12-17(18)19(21)22-4)14-13-15-9-6-5-7-10-15/h5-12H,13-14H2,1-4H3. The van der Waals surface area contributed by atoms with E-state index in [1.807, 2.05) is 18.2 Å². The number of carbonyl (C=O) groups is 1. The van der Waals surface area contributed by atoms with E-state index in [0.29, 0.717) is 5.56 Å². The van der Waals surface area contributed by atoms with Gasteiger partial charge in [0.1, 0.15) is 0 Å². The van der Waals surface area contributed by atoms with Crippen LogP contribution in [0.4, 0.5) is 0 Å². The van der Waals surface area contributed by atoms with Crippen molar-refractivity contribution in [2.75, 3.05) is 7.11 Å². The maximum Gasteiger partial charge on any atom is 0.338 e. The molecule has 0 spiro atoms. The Hall–Kier alpha value is -2.09. The Labute approximate surface area is 133 Å². The van der Waals surface area contributed by atoms with Gasteiger partial charge in [-0.3, -0.25) is 0 Å². The predicted molar refractivity (Wildman–Crippen MR) is 90.3 cm³/mol. The Bertz CT molecular complexity index is 637. The summed E-state index contributed by atoms with van der Waals surface area (Å²) in [5.74, 6) is -0.258. The smallest absolute Gasteiger partial charge is 0.338 e. The van der Waals surface area contributed by atoms with Crippen LogP contribution in [-0.2, 0) is 23.0 Å². The van der Waals surface area contributed by atoms with Gasteiger partial charge < -0.3 is 4.74 Å². The number of hydrogen-bond acceptors (Lipinski definition) is 2. The third kappa shape index (κ3) is 3.76. The Morgan fingerprint density at radius 2 is 1.64 bits per heavy atom. The summed E-state index contributed by atoms with van der Waals surface area (Å²) in [5, 5.41) is 0. The zero-order chi connectivity index (χ0) is 16.2. The van der Waals surface area contributed by atoms with Gasteiger partial charge >= 0.3 is 5.97 Å². The van der Waals surface area contributed by atoms with Crippen molar-refractivity contribution in [1.82, 2.24) is 0 Å². The molecule has 0 aliphatic heterocycles. The minimum Gasteiger partial charge on any atom is -0.465 e. The number of esters is 1. The summed E-state index contributed by atoms with van der Waals surface area (Å²) in [6.45, 7) is 6.42. The monoisotopic (exact) mass is 296 g/mol. The topological polar surface area (TPSA) is 26.3 Å². The summed E-state index contributed by atoms with van der Waals surface area (Å²) in [5.41, 5.74) is 4.21. The molecule has 2 heteroatoms. The summed E-state index contributed by atoms with van der Waals surface area (Å²) in [4.78, 5) is 12.1. The van der Waals surface area contributed by atoms with E-state index in [0.717, 1.165) is 18.4 Å². The molecule has 0 aromatic heterocycles. The average molecular weight is 296 g/mol. The molecule has 0 saturated carbocycles. The first-order valence-electron chi connectivity index (χ1n) is 7.68. The Kier molecular flexibility index (Phi) is 5.02. The Morgan fingerprint density at radius 3 is 2.23 bits per heavy atom. The molecule has 0 fully saturated rings. The van der Waals surface area contributed by atoms with E-state index in [2.05, 4.69) is 51.1 Å². The second-order valence-electron chi connectivity index (χ2n) is 6.57. The minimum atomic E-state index is -0.258. The molecule has 0 bridgehead atoms. The lowest BCUT2D eigenvalue weighted by molar-refractivity contribution is 0.0597. The summed E-state index contributed by atoms with van der Waals surface area (Å²) in [6, 6.07) is 16.4. The van der Waals surface area contributed by atoms with E-state index in [9.17, 15) is 4.79 Å². The third-order valence-electron chi connectivity index (χ3n) is 3.83. The van der Waals surface area contributed by atoms with Crippen molar-refractivity contribution in [1.29, 1.82) is 0 Å². The molecule has 2 rings (SSSR count). The van der Waals surface area contributed by atoms with Gasteiger partial charge in [0.25, 0.3) is 0 Å². The summed E-state index contributed by atoms with van der Waals surface area (Å²) in [7, 11) is 1.44. The van der Waals surface area contributed by atoms with Gasteiger partial charge in [0.05, 0.1) is 12.7 Å². The zero-order valence-electron chi connectivity index (χ0n) is 13.8. The SMILES string of the molecule is COC(=O)c1cccc(CCc2ccccc2)c1C(C)(C)C. The zero-order valence-corrected chi connectivity index (χ0v) is 13.8. The van der Waals surface area contributed by atoms with Crippen LogP contribution in [0, 0.1) is 0 Å². The van der Waals surface area contributed by atoms with Crippen molar-refractivity contribution in [3.05, 3.63) is 70.8 Å². The van der Waals surface area contributed by atoms with E-state index >= 15 is 0 Å². The van der Waals surface area contributed by atoms with E-state index in [4.69, 9.17) is 4.74 Å². The number of ether oxygens (including phenoxy) is 1. The van der Waals surface area contributed by atoms with Crippen molar-refractivity contribution >= 4 is 5.97 Å². The van der Waals surface area contributed by atoms with Crippen LogP contribution in [0.3, 0.4) is 0 Å². The molecule has 0 radical (unpaired) electrons. The van der Waals surface area contributed by atoms with E-state index in [1.165, 1.54) is 18.2 Å². The van der Waals surface area contributed by atoms with Gasteiger partial charge in [0.15, 0.2) is 0 Å². The summed E-state index contributed by atoms with van der Waals surface area (Å²) >= 11 is 0. The first-order valence-corrected chi connectivity index (χ1v) is 7.68. The van der Waals surface area contributed by atoms with Gasteiger partial charge in [0, 0.05) is 0 Å². The van der Waals surface area contributed by atoms with Crippen LogP contribution in [0.1, 0.15) is 47.8 Å². The van der Waals surface area contributed by atoms with Gasteiger partial charge in [-0.15, -0.1) is 0 Å². The van der Waals surface area contributed by atoms with Crippen LogP contribution in [-0.4, -0.2) is 13.1 Å². The molecule has 0 aliphatic rings. The van der Waals surface area contributed by atoms with Crippen LogP contribution in [0.5, 0.6) is 0 Å². The van der Waals surface area contributed by atoms with Crippen molar-refractivity contribution in [3.63, 3.8) is 0 Å². The summed E-state index contributed by atoms with van der Waals surface area (Å²) < 4.78 is 4.95. The van der Waals surface area contributed by atoms with Crippen molar-refractivity contribution in [3.8, 4) is 0 Å². The van der Waals surface area contributed by atoms with Crippen molar-refractivity contribution < 1.29 is 9.53 Å². The van der Waals surface area contributed by atoms with Gasteiger partial charge in [-0.2, -0.15) is 0 Å². The molecule has 0 unspecified atom stereocenters. The number of rotatable bonds is 4. The van der Waals surface area contributed by atoms with Gasteiger partial charge in [-0.05, 0) is 41.0 Å². The molecular formula is C20H24O2. The molecule has 0 heterocycles. The fourth-order valence-corrected chi connectivity index (χ4v) is 2.90. The molecule has 116 valence electrons. The van der Waals surface area contributed by atoms with Crippen LogP contribution in [0.25, 0.3) is 0 Å². The Morgan fingerprint density at radius 1 is 0.955 bits per heavy atom. The van der Waals surface area contributed by atoms with Gasteiger partial charge in [-0.1, -0.05) is 63.2 Å². The Balaban J connectivity index is 2.36. The molecule has 0 saturated heterocycles. The highest BCUT2D eigenvalue weighted by atomic mass is 16.5. The molecule has 2 aromatic rings. The highest BCUT2D eigenvalue weighted by Crippen LogP contribution is 2.30. The predicted octanol–water partition coefficient (Wildman–Crippen LogP) is 4.56. The number of benzene rings is 2. The summed E-state index contributed by atoms with van der Waals surface area (Å²) in [6.07, 6.45) is 1.88. The lowest BCUT2D eigenvalue weighted by atomic mass is 9.79. The number of hydrogen-bond donors (Lipinski definition) is 0. The largest absolute Gasteiger partial charge is 0.465 e. The first kappa shape index (κ1) is 16.3. The molecule has 0 N–H and O–H groups in total. The number of aryl methyl sites for hydroxylation is 2. The highest BCUT2D eigenvalue weighted by molar-refractivity contribution is 5.91. The van der Waals surface area contributed by atoms with Gasteiger partial charge in [0.2, 0.25) is 0 Å². The lowest BCUT2D eigenvalue weighted by Crippen LogP contribution is -2.20. The molecule has 0 atom stereocenters. The van der Waals surface area contributed by atoms with Crippen LogP contribution in [0.2, 0.25) is 0 Å². The molecule has 2 nitrogen and oxygen atoms in total. The quantitative estimate of drug-likeness (QED) is 0.773. The van der Waals surface area contributed by atoms with Crippen LogP contribution < -0.4 is 0 Å². The van der Waals surface area contributed by atoms with E-state index in [-0.39, 0.29) is 11.4 Å². The average Bonchev–Trinajstić information content (AvgIpc) is 2.51. The third-order valence-corrected chi connectivity index (χ3v) is 3.83. The molecular weight excluding hydrogens is 272 g/mol. The fourth-order valence-electron chi connectivity index (χ4n) is 2.90. The van der Waals surface area contributed by atoms with Crippen LogP contribution >= 0.6 is 0 Å².